The zero-order valence-electron chi connectivity index (χ0n) is 15.3. The summed E-state index contributed by atoms with van der Waals surface area (Å²) in [6.07, 6.45) is 2.90. The topological polar surface area (TPSA) is 6.48 Å². The minimum absolute atomic E-state index is 0.717. The van der Waals surface area contributed by atoms with E-state index in [1.54, 1.807) is 8.35 Å². The van der Waals surface area contributed by atoms with Crippen molar-refractivity contribution in [3.05, 3.63) is 0 Å². The third-order valence-corrected chi connectivity index (χ3v) is 12.5. The van der Waals surface area contributed by atoms with Crippen LogP contribution in [-0.4, -0.2) is 69.5 Å². The molecule has 0 N–H and O–H groups in total. The van der Waals surface area contributed by atoms with Crippen molar-refractivity contribution >= 4 is 21.4 Å². The van der Waals surface area contributed by atoms with Crippen LogP contribution >= 0.6 is 0 Å². The first kappa shape index (κ1) is 20.8. The summed E-state index contributed by atoms with van der Waals surface area (Å²) in [7, 11) is 0. The molecule has 3 heteroatoms. The third-order valence-electron chi connectivity index (χ3n) is 4.56. The zero-order valence-corrected chi connectivity index (χ0v) is 18.6. The van der Waals surface area contributed by atoms with Gasteiger partial charge in [-0.1, -0.05) is 0 Å². The van der Waals surface area contributed by atoms with Gasteiger partial charge in [0.15, 0.2) is 0 Å². The first-order chi connectivity index (χ1) is 9.42. The van der Waals surface area contributed by atoms with E-state index in [0.29, 0.717) is 0 Å². The molecule has 0 aliphatic carbocycles. The Hall–Kier alpha value is 0.790. The standard InChI is InChI=1S/2C8H18N.CH3.In/c2*1-5-7-9(6-2)8(3)4;;/h2*8H,1,5-7H2,2-4H3;1H3;. The van der Waals surface area contributed by atoms with Crippen LogP contribution < -0.4 is 0 Å². The molecule has 0 amide bonds. The Kier molecular flexibility index (Phi) is 12.8. The summed E-state index contributed by atoms with van der Waals surface area (Å²) in [5.41, 5.74) is 0. The second-order valence-corrected chi connectivity index (χ2v) is 16.4. The van der Waals surface area contributed by atoms with Crippen LogP contribution in [0.25, 0.3) is 0 Å². The fraction of sp³-hybridized carbons (Fsp3) is 1.00. The van der Waals surface area contributed by atoms with Gasteiger partial charge in [0.05, 0.1) is 0 Å². The molecule has 0 spiro atoms. The molecule has 0 fully saturated rings. The molecule has 0 rings (SSSR count). The molecule has 0 heterocycles. The van der Waals surface area contributed by atoms with E-state index in [2.05, 4.69) is 56.0 Å². The van der Waals surface area contributed by atoms with Gasteiger partial charge in [-0.05, 0) is 0 Å². The molecule has 0 bridgehead atoms. The number of nitrogens with zero attached hydrogens (tertiary/aromatic N) is 2. The normalized spacial score (nSPS) is 12.2. The summed E-state index contributed by atoms with van der Waals surface area (Å²) in [6, 6.07) is 1.43. The van der Waals surface area contributed by atoms with Crippen LogP contribution in [0.1, 0.15) is 54.4 Å². The van der Waals surface area contributed by atoms with E-state index in [1.165, 1.54) is 39.0 Å². The van der Waals surface area contributed by atoms with Gasteiger partial charge in [0, 0.05) is 0 Å². The average molecular weight is 386 g/mol. The molecule has 20 heavy (non-hydrogen) atoms. The monoisotopic (exact) mass is 386 g/mol. The van der Waals surface area contributed by atoms with Crippen molar-refractivity contribution in [3.63, 3.8) is 0 Å². The van der Waals surface area contributed by atoms with Gasteiger partial charge in [0.1, 0.15) is 0 Å². The fourth-order valence-corrected chi connectivity index (χ4v) is 8.84. The van der Waals surface area contributed by atoms with E-state index in [4.69, 9.17) is 0 Å². The van der Waals surface area contributed by atoms with Crippen LogP contribution in [0, 0.1) is 0 Å². The van der Waals surface area contributed by atoms with E-state index in [0.717, 1.165) is 12.1 Å². The van der Waals surface area contributed by atoms with Gasteiger partial charge < -0.3 is 0 Å². The Labute approximate surface area is 136 Å². The Morgan fingerprint density at radius 3 is 1.35 bits per heavy atom. The van der Waals surface area contributed by atoms with Gasteiger partial charge in [-0.2, -0.15) is 0 Å². The molecule has 0 saturated heterocycles. The number of hydrogen-bond acceptors (Lipinski definition) is 2. The maximum absolute atomic E-state index is 2.64. The Balaban J connectivity index is 3.71. The Morgan fingerprint density at radius 2 is 1.10 bits per heavy atom. The molecule has 0 aliphatic heterocycles. The molecular weight excluding hydrogens is 347 g/mol. The molecule has 0 aromatic rings. The first-order valence-corrected chi connectivity index (χ1v) is 16.9. The minimum atomic E-state index is -1.14. The quantitative estimate of drug-likeness (QED) is 0.492. The van der Waals surface area contributed by atoms with Crippen LogP contribution in [-0.2, 0) is 0 Å². The van der Waals surface area contributed by atoms with Crippen molar-refractivity contribution in [2.45, 2.75) is 79.5 Å². The van der Waals surface area contributed by atoms with Crippen molar-refractivity contribution in [1.82, 2.24) is 9.80 Å². The van der Waals surface area contributed by atoms with Crippen LogP contribution in [0.3, 0.4) is 0 Å². The van der Waals surface area contributed by atoms with E-state index in [-0.39, 0.29) is 0 Å². The molecular formula is C17H39InN2. The third kappa shape index (κ3) is 9.68. The van der Waals surface area contributed by atoms with E-state index in [1.807, 2.05) is 0 Å². The Bertz CT molecular complexity index is 197. The van der Waals surface area contributed by atoms with E-state index >= 15 is 0 Å². The summed E-state index contributed by atoms with van der Waals surface area (Å²) >= 11 is -1.14. The molecule has 0 atom stereocenters. The van der Waals surface area contributed by atoms with Crippen molar-refractivity contribution < 1.29 is 0 Å². The zero-order chi connectivity index (χ0) is 15.5. The molecule has 0 aromatic carbocycles. The number of hydrogen-bond donors (Lipinski definition) is 0. The van der Waals surface area contributed by atoms with Crippen molar-refractivity contribution in [2.24, 2.45) is 0 Å². The van der Waals surface area contributed by atoms with Gasteiger partial charge in [-0.25, -0.2) is 0 Å². The molecule has 0 aliphatic rings. The summed E-state index contributed by atoms with van der Waals surface area (Å²) in [5.74, 6) is 0. The molecule has 0 unspecified atom stereocenters. The summed E-state index contributed by atoms with van der Waals surface area (Å²) < 4.78 is 5.83. The van der Waals surface area contributed by atoms with Crippen molar-refractivity contribution in [3.8, 4) is 0 Å². The summed E-state index contributed by atoms with van der Waals surface area (Å²) in [6.45, 7) is 18.9. The second kappa shape index (κ2) is 12.3. The average Bonchev–Trinajstić information content (AvgIpc) is 2.38. The molecule has 0 radical (unpaired) electrons. The summed E-state index contributed by atoms with van der Waals surface area (Å²) in [4.78, 5) is 5.21. The van der Waals surface area contributed by atoms with Crippen molar-refractivity contribution in [2.75, 3.05) is 26.2 Å². The van der Waals surface area contributed by atoms with Gasteiger partial charge in [-0.3, -0.25) is 0 Å². The van der Waals surface area contributed by atoms with Crippen LogP contribution in [0.15, 0.2) is 0 Å². The SMILES string of the molecule is CCN(CC[CH2][In]([CH3])[CH2]CCN(CC)C(C)C)C(C)C. The molecule has 120 valence electrons. The maximum atomic E-state index is 2.64. The van der Waals surface area contributed by atoms with Gasteiger partial charge >= 0.3 is 137 Å². The summed E-state index contributed by atoms with van der Waals surface area (Å²) in [5, 5.41) is 0. The van der Waals surface area contributed by atoms with Gasteiger partial charge in [-0.15, -0.1) is 0 Å². The predicted molar refractivity (Wildman–Crippen MR) is 95.2 cm³/mol. The van der Waals surface area contributed by atoms with Crippen LogP contribution in [0.5, 0.6) is 0 Å². The van der Waals surface area contributed by atoms with Crippen LogP contribution in [0.4, 0.5) is 0 Å². The fourth-order valence-electron chi connectivity index (χ4n) is 2.99. The molecule has 0 aromatic heterocycles. The van der Waals surface area contributed by atoms with Gasteiger partial charge in [0.25, 0.3) is 0 Å². The van der Waals surface area contributed by atoms with Crippen LogP contribution in [0.2, 0.25) is 13.0 Å². The molecule has 2 nitrogen and oxygen atoms in total. The first-order valence-electron chi connectivity index (χ1n) is 8.90. The van der Waals surface area contributed by atoms with E-state index < -0.39 is 21.4 Å². The Morgan fingerprint density at radius 1 is 0.750 bits per heavy atom. The van der Waals surface area contributed by atoms with Gasteiger partial charge in [0.2, 0.25) is 0 Å². The predicted octanol–water partition coefficient (Wildman–Crippen LogP) is 4.35. The number of rotatable bonds is 12. The molecule has 0 saturated carbocycles. The second-order valence-electron chi connectivity index (χ2n) is 6.83. The van der Waals surface area contributed by atoms with Crippen molar-refractivity contribution in [1.29, 1.82) is 0 Å². The van der Waals surface area contributed by atoms with E-state index in [9.17, 15) is 0 Å².